The highest BCUT2D eigenvalue weighted by Gasteiger charge is 2.19. The van der Waals surface area contributed by atoms with Crippen molar-refractivity contribution >= 4 is 29.0 Å². The van der Waals surface area contributed by atoms with Crippen molar-refractivity contribution in [2.24, 2.45) is 5.92 Å². The van der Waals surface area contributed by atoms with E-state index in [0.717, 1.165) is 0 Å². The molecular formula is C13H16ClNO4. The van der Waals surface area contributed by atoms with Crippen molar-refractivity contribution in [1.82, 2.24) is 0 Å². The summed E-state index contributed by atoms with van der Waals surface area (Å²) in [6, 6.07) is 3.02. The summed E-state index contributed by atoms with van der Waals surface area (Å²) in [5, 5.41) is 12.1. The molecule has 1 unspecified atom stereocenters. The van der Waals surface area contributed by atoms with Gasteiger partial charge in [-0.3, -0.25) is 9.59 Å². The smallest absolute Gasteiger partial charge is 0.234 e. The summed E-state index contributed by atoms with van der Waals surface area (Å²) in [5.41, 5.74) is 0.835. The highest BCUT2D eigenvalue weighted by atomic mass is 35.5. The number of carbonyl (C=O) groups excluding carboxylic acids is 2. The molecule has 0 spiro atoms. The number of carbonyl (C=O) groups is 2. The van der Waals surface area contributed by atoms with Crippen LogP contribution in [0, 0.1) is 5.92 Å². The van der Waals surface area contributed by atoms with E-state index in [1.165, 1.54) is 33.1 Å². The second kappa shape index (κ2) is 6.54. The third kappa shape index (κ3) is 3.68. The number of nitrogens with one attached hydrogen (secondary N) is 1. The Morgan fingerprint density at radius 3 is 2.58 bits per heavy atom. The molecular weight excluding hydrogens is 270 g/mol. The zero-order valence-electron chi connectivity index (χ0n) is 11.0. The Kier molecular flexibility index (Phi) is 5.32. The molecule has 1 aromatic carbocycles. The van der Waals surface area contributed by atoms with Crippen LogP contribution in [0.2, 0.25) is 5.02 Å². The molecule has 5 nitrogen and oxygen atoms in total. The number of amides is 1. The molecule has 1 amide bonds. The predicted molar refractivity (Wildman–Crippen MR) is 72.4 cm³/mol. The number of aliphatic hydroxyl groups is 1. The topological polar surface area (TPSA) is 75.6 Å². The van der Waals surface area contributed by atoms with E-state index in [2.05, 4.69) is 5.32 Å². The Hall–Kier alpha value is -1.59. The average Bonchev–Trinajstić information content (AvgIpc) is 2.38. The molecule has 104 valence electrons. The van der Waals surface area contributed by atoms with Gasteiger partial charge in [-0.25, -0.2) is 0 Å². The van der Waals surface area contributed by atoms with Gasteiger partial charge in [0, 0.05) is 11.1 Å². The summed E-state index contributed by atoms with van der Waals surface area (Å²) in [6.45, 7) is 2.61. The van der Waals surface area contributed by atoms with Gasteiger partial charge in [-0.15, -0.1) is 0 Å². The predicted octanol–water partition coefficient (Wildman–Crippen LogP) is 2.00. The molecule has 0 aliphatic heterocycles. The van der Waals surface area contributed by atoms with E-state index in [1.807, 2.05) is 0 Å². The van der Waals surface area contributed by atoms with Crippen LogP contribution in [0.1, 0.15) is 19.4 Å². The fourth-order valence-electron chi connectivity index (χ4n) is 1.41. The van der Waals surface area contributed by atoms with E-state index in [1.54, 1.807) is 0 Å². The molecule has 6 heteroatoms. The number of ether oxygens (including phenoxy) is 1. The fourth-order valence-corrected chi connectivity index (χ4v) is 1.63. The van der Waals surface area contributed by atoms with Gasteiger partial charge in [0.25, 0.3) is 0 Å². The van der Waals surface area contributed by atoms with E-state index in [4.69, 9.17) is 21.4 Å². The zero-order valence-corrected chi connectivity index (χ0v) is 11.7. The third-order valence-corrected chi connectivity index (χ3v) is 3.15. The lowest BCUT2D eigenvalue weighted by atomic mass is 10.1. The number of hydrogen-bond acceptors (Lipinski definition) is 4. The van der Waals surface area contributed by atoms with Gasteiger partial charge in [-0.2, -0.15) is 0 Å². The number of methoxy groups -OCH3 is 1. The number of benzene rings is 1. The van der Waals surface area contributed by atoms with Gasteiger partial charge in [0.05, 0.1) is 25.3 Å². The van der Waals surface area contributed by atoms with Gasteiger partial charge in [0.2, 0.25) is 5.91 Å². The van der Waals surface area contributed by atoms with E-state index in [0.29, 0.717) is 22.0 Å². The van der Waals surface area contributed by atoms with Crippen LogP contribution in [0.3, 0.4) is 0 Å². The van der Waals surface area contributed by atoms with Crippen molar-refractivity contribution in [1.29, 1.82) is 0 Å². The Labute approximate surface area is 116 Å². The molecule has 0 aromatic heterocycles. The van der Waals surface area contributed by atoms with Crippen molar-refractivity contribution in [3.63, 3.8) is 0 Å². The van der Waals surface area contributed by atoms with Crippen LogP contribution >= 0.6 is 11.6 Å². The summed E-state index contributed by atoms with van der Waals surface area (Å²) >= 11 is 5.92. The average molecular weight is 286 g/mol. The molecule has 0 bridgehead atoms. The van der Waals surface area contributed by atoms with Crippen molar-refractivity contribution < 1.29 is 19.4 Å². The van der Waals surface area contributed by atoms with Crippen molar-refractivity contribution in [2.45, 2.75) is 20.5 Å². The molecule has 0 saturated carbocycles. The van der Waals surface area contributed by atoms with Crippen LogP contribution in [-0.2, 0) is 16.2 Å². The minimum Gasteiger partial charge on any atom is -0.495 e. The number of ketones is 1. The number of aliphatic hydroxyl groups excluding tert-OH is 1. The lowest BCUT2D eigenvalue weighted by Gasteiger charge is -2.14. The Bertz CT molecular complexity index is 502. The monoisotopic (exact) mass is 285 g/mol. The molecule has 0 saturated heterocycles. The minimum atomic E-state index is -0.752. The molecule has 0 aliphatic carbocycles. The van der Waals surface area contributed by atoms with Gasteiger partial charge in [-0.05, 0) is 25.5 Å². The summed E-state index contributed by atoms with van der Waals surface area (Å²) < 4.78 is 5.10. The molecule has 0 fully saturated rings. The van der Waals surface area contributed by atoms with Gasteiger partial charge >= 0.3 is 0 Å². The number of anilines is 1. The molecule has 1 aromatic rings. The molecule has 2 N–H and O–H groups in total. The maximum atomic E-state index is 11.8. The van der Waals surface area contributed by atoms with Crippen LogP contribution in [0.15, 0.2) is 12.1 Å². The standard InChI is InChI=1S/C13H16ClNO4/c1-7(8(2)17)13(18)15-11-4-9(6-16)10(14)5-12(11)19-3/h4-5,7,16H,6H2,1-3H3,(H,15,18). The Balaban J connectivity index is 3.06. The van der Waals surface area contributed by atoms with Crippen LogP contribution in [0.4, 0.5) is 5.69 Å². The highest BCUT2D eigenvalue weighted by molar-refractivity contribution is 6.31. The maximum Gasteiger partial charge on any atom is 0.234 e. The number of halogens is 1. The molecule has 19 heavy (non-hydrogen) atoms. The van der Waals surface area contributed by atoms with Crippen LogP contribution in [0.25, 0.3) is 0 Å². The SMILES string of the molecule is COc1cc(Cl)c(CO)cc1NC(=O)C(C)C(C)=O. The van der Waals surface area contributed by atoms with E-state index < -0.39 is 11.8 Å². The first-order valence-electron chi connectivity index (χ1n) is 5.69. The minimum absolute atomic E-state index is 0.229. The summed E-state index contributed by atoms with van der Waals surface area (Å²) in [6.07, 6.45) is 0. The van der Waals surface area contributed by atoms with Crippen LogP contribution < -0.4 is 10.1 Å². The number of rotatable bonds is 5. The van der Waals surface area contributed by atoms with Crippen molar-refractivity contribution in [2.75, 3.05) is 12.4 Å². The first-order chi connectivity index (χ1) is 8.90. The first kappa shape index (κ1) is 15.5. The summed E-state index contributed by atoms with van der Waals surface area (Å²) in [4.78, 5) is 23.0. The van der Waals surface area contributed by atoms with Crippen LogP contribution in [0.5, 0.6) is 5.75 Å². The molecule has 1 rings (SSSR count). The summed E-state index contributed by atoms with van der Waals surface area (Å²) in [7, 11) is 1.44. The normalized spacial score (nSPS) is 11.8. The van der Waals surface area contributed by atoms with Crippen molar-refractivity contribution in [3.8, 4) is 5.75 Å². The second-order valence-corrected chi connectivity index (χ2v) is 4.53. The molecule has 0 aliphatic rings. The molecule has 0 radical (unpaired) electrons. The van der Waals surface area contributed by atoms with E-state index >= 15 is 0 Å². The lowest BCUT2D eigenvalue weighted by Crippen LogP contribution is -2.25. The molecule has 0 heterocycles. The summed E-state index contributed by atoms with van der Waals surface area (Å²) in [5.74, 6) is -1.05. The number of Topliss-reactive ketones (excluding diaryl/α,β-unsaturated/α-hetero) is 1. The van der Waals surface area contributed by atoms with E-state index in [9.17, 15) is 9.59 Å². The lowest BCUT2D eigenvalue weighted by molar-refractivity contribution is -0.129. The Morgan fingerprint density at radius 2 is 2.11 bits per heavy atom. The quantitative estimate of drug-likeness (QED) is 0.812. The van der Waals surface area contributed by atoms with Crippen molar-refractivity contribution in [3.05, 3.63) is 22.7 Å². The zero-order chi connectivity index (χ0) is 14.6. The van der Waals surface area contributed by atoms with E-state index in [-0.39, 0.29) is 12.4 Å². The van der Waals surface area contributed by atoms with Gasteiger partial charge in [0.15, 0.2) is 0 Å². The van der Waals surface area contributed by atoms with Gasteiger partial charge in [0.1, 0.15) is 11.5 Å². The van der Waals surface area contributed by atoms with Gasteiger partial charge < -0.3 is 15.2 Å². The third-order valence-electron chi connectivity index (χ3n) is 2.80. The first-order valence-corrected chi connectivity index (χ1v) is 6.07. The largest absolute Gasteiger partial charge is 0.495 e. The van der Waals surface area contributed by atoms with Gasteiger partial charge in [-0.1, -0.05) is 11.6 Å². The number of hydrogen-bond donors (Lipinski definition) is 2. The highest BCUT2D eigenvalue weighted by Crippen LogP contribution is 2.31. The molecule has 1 atom stereocenters. The van der Waals surface area contributed by atoms with Crippen LogP contribution in [-0.4, -0.2) is 23.9 Å². The Morgan fingerprint density at radius 1 is 1.47 bits per heavy atom. The second-order valence-electron chi connectivity index (χ2n) is 4.12. The fraction of sp³-hybridized carbons (Fsp3) is 0.385. The maximum absolute atomic E-state index is 11.8.